The van der Waals surface area contributed by atoms with E-state index in [0.717, 1.165) is 16.7 Å². The summed E-state index contributed by atoms with van der Waals surface area (Å²) in [6.07, 6.45) is 4.80. The minimum absolute atomic E-state index is 0.145. The van der Waals surface area contributed by atoms with Gasteiger partial charge in [0.15, 0.2) is 0 Å². The van der Waals surface area contributed by atoms with Crippen LogP contribution in [0.25, 0.3) is 22.3 Å². The number of aromatic amines is 1. The molecule has 0 amide bonds. The lowest BCUT2D eigenvalue weighted by Crippen LogP contribution is -2.09. The van der Waals surface area contributed by atoms with E-state index in [1.54, 1.807) is 18.5 Å². The Balaban J connectivity index is 1.67. The summed E-state index contributed by atoms with van der Waals surface area (Å²) >= 11 is 0. The maximum atomic E-state index is 12.2. The highest BCUT2D eigenvalue weighted by Gasteiger charge is 2.05. The number of benzene rings is 2. The minimum Gasteiger partial charge on any atom is -0.306 e. The summed E-state index contributed by atoms with van der Waals surface area (Å²) in [7, 11) is 0. The Labute approximate surface area is 143 Å². The summed E-state index contributed by atoms with van der Waals surface area (Å²) in [5, 5.41) is 0.582. The predicted molar refractivity (Wildman–Crippen MR) is 95.8 cm³/mol. The van der Waals surface area contributed by atoms with E-state index in [-0.39, 0.29) is 5.56 Å². The van der Waals surface area contributed by atoms with E-state index in [1.165, 1.54) is 6.33 Å². The quantitative estimate of drug-likeness (QED) is 0.547. The van der Waals surface area contributed by atoms with Crippen LogP contribution in [0, 0.1) is 11.8 Å². The van der Waals surface area contributed by atoms with Crippen LogP contribution in [0.2, 0.25) is 0 Å². The number of para-hydroxylation sites is 1. The normalized spacial score (nSPS) is 10.2. The van der Waals surface area contributed by atoms with Crippen molar-refractivity contribution in [3.63, 3.8) is 0 Å². The lowest BCUT2D eigenvalue weighted by molar-refractivity contribution is 1.16. The summed E-state index contributed by atoms with van der Waals surface area (Å²) in [6, 6.07) is 14.8. The first-order chi connectivity index (χ1) is 12.3. The lowest BCUT2D eigenvalue weighted by atomic mass is 10.1. The standard InChI is InChI=1S/C20H12N4O/c25-20-17-3-1-2-4-18(17)23-19(24-20)16-9-7-14(8-10-16)5-6-15-11-21-13-22-12-15/h1-4,7-13H,(H,23,24,25). The SMILES string of the molecule is O=c1[nH]c(-c2ccc(C#Cc3cncnc3)cc2)nc2ccccc12. The molecule has 2 aromatic heterocycles. The second-order valence-corrected chi connectivity index (χ2v) is 5.39. The van der Waals surface area contributed by atoms with Crippen LogP contribution in [0.3, 0.4) is 0 Å². The summed E-state index contributed by atoms with van der Waals surface area (Å²) < 4.78 is 0. The average Bonchev–Trinajstić information content (AvgIpc) is 2.68. The minimum atomic E-state index is -0.145. The molecule has 25 heavy (non-hydrogen) atoms. The third-order valence-electron chi connectivity index (χ3n) is 3.68. The highest BCUT2D eigenvalue weighted by Crippen LogP contribution is 2.16. The summed E-state index contributed by atoms with van der Waals surface area (Å²) in [6.45, 7) is 0. The van der Waals surface area contributed by atoms with Crippen molar-refractivity contribution in [1.82, 2.24) is 19.9 Å². The molecule has 4 aromatic rings. The molecule has 1 N–H and O–H groups in total. The fourth-order valence-electron chi connectivity index (χ4n) is 2.44. The van der Waals surface area contributed by atoms with Crippen molar-refractivity contribution >= 4 is 10.9 Å². The van der Waals surface area contributed by atoms with Crippen molar-refractivity contribution in [1.29, 1.82) is 0 Å². The van der Waals surface area contributed by atoms with Gasteiger partial charge in [0, 0.05) is 23.5 Å². The molecule has 0 bridgehead atoms. The molecule has 0 saturated carbocycles. The first kappa shape index (κ1) is 14.8. The molecule has 2 heterocycles. The van der Waals surface area contributed by atoms with Crippen LogP contribution in [0.4, 0.5) is 0 Å². The van der Waals surface area contributed by atoms with Crippen molar-refractivity contribution in [2.45, 2.75) is 0 Å². The molecule has 0 aliphatic rings. The molecule has 0 aliphatic carbocycles. The molecule has 5 heteroatoms. The molecule has 0 aliphatic heterocycles. The van der Waals surface area contributed by atoms with Gasteiger partial charge in [-0.3, -0.25) is 4.79 Å². The van der Waals surface area contributed by atoms with Gasteiger partial charge in [-0.05, 0) is 24.3 Å². The molecular weight excluding hydrogens is 312 g/mol. The summed E-state index contributed by atoms with van der Waals surface area (Å²) in [5.41, 5.74) is 2.97. The van der Waals surface area contributed by atoms with Gasteiger partial charge in [0.1, 0.15) is 12.2 Å². The zero-order valence-corrected chi connectivity index (χ0v) is 13.1. The molecule has 5 nitrogen and oxygen atoms in total. The Morgan fingerprint density at radius 3 is 2.36 bits per heavy atom. The molecule has 4 rings (SSSR count). The van der Waals surface area contributed by atoms with Crippen LogP contribution < -0.4 is 5.56 Å². The van der Waals surface area contributed by atoms with Gasteiger partial charge in [-0.2, -0.15) is 0 Å². The van der Waals surface area contributed by atoms with Crippen LogP contribution in [-0.2, 0) is 0 Å². The van der Waals surface area contributed by atoms with E-state index in [0.29, 0.717) is 16.7 Å². The number of nitrogens with zero attached hydrogens (tertiary/aromatic N) is 3. The van der Waals surface area contributed by atoms with Gasteiger partial charge in [0.2, 0.25) is 0 Å². The van der Waals surface area contributed by atoms with Crippen molar-refractivity contribution in [2.24, 2.45) is 0 Å². The van der Waals surface area contributed by atoms with Crippen LogP contribution >= 0.6 is 0 Å². The van der Waals surface area contributed by atoms with E-state index >= 15 is 0 Å². The Hall–Kier alpha value is -3.78. The first-order valence-corrected chi connectivity index (χ1v) is 7.66. The zero-order chi connectivity index (χ0) is 17.1. The van der Waals surface area contributed by atoms with E-state index in [1.807, 2.05) is 42.5 Å². The Bertz CT molecular complexity index is 1150. The zero-order valence-electron chi connectivity index (χ0n) is 13.1. The fourth-order valence-corrected chi connectivity index (χ4v) is 2.44. The molecule has 2 aromatic carbocycles. The van der Waals surface area contributed by atoms with Gasteiger partial charge in [0.05, 0.1) is 16.5 Å². The molecule has 0 spiro atoms. The second-order valence-electron chi connectivity index (χ2n) is 5.39. The lowest BCUT2D eigenvalue weighted by Gasteiger charge is -2.03. The van der Waals surface area contributed by atoms with Crippen LogP contribution in [-0.4, -0.2) is 19.9 Å². The topological polar surface area (TPSA) is 71.5 Å². The number of H-pyrrole nitrogens is 1. The maximum Gasteiger partial charge on any atom is 0.259 e. The van der Waals surface area contributed by atoms with Crippen molar-refractivity contribution in [3.8, 4) is 23.2 Å². The highest BCUT2D eigenvalue weighted by atomic mass is 16.1. The van der Waals surface area contributed by atoms with Crippen molar-refractivity contribution < 1.29 is 0 Å². The number of rotatable bonds is 1. The summed E-state index contributed by atoms with van der Waals surface area (Å²) in [5.74, 6) is 6.60. The van der Waals surface area contributed by atoms with E-state index < -0.39 is 0 Å². The molecule has 0 atom stereocenters. The van der Waals surface area contributed by atoms with Gasteiger partial charge in [0.25, 0.3) is 5.56 Å². The van der Waals surface area contributed by atoms with Gasteiger partial charge in [-0.15, -0.1) is 0 Å². The third-order valence-corrected chi connectivity index (χ3v) is 3.68. The Kier molecular flexibility index (Phi) is 3.77. The molecule has 0 unspecified atom stereocenters. The number of fused-ring (bicyclic) bond motifs is 1. The number of aromatic nitrogens is 4. The number of nitrogens with one attached hydrogen (secondary N) is 1. The fraction of sp³-hybridized carbons (Fsp3) is 0. The Morgan fingerprint density at radius 1 is 0.840 bits per heavy atom. The Morgan fingerprint density at radius 2 is 1.56 bits per heavy atom. The van der Waals surface area contributed by atoms with Crippen molar-refractivity contribution in [2.75, 3.05) is 0 Å². The van der Waals surface area contributed by atoms with Crippen LogP contribution in [0.5, 0.6) is 0 Å². The van der Waals surface area contributed by atoms with Gasteiger partial charge >= 0.3 is 0 Å². The average molecular weight is 324 g/mol. The van der Waals surface area contributed by atoms with Gasteiger partial charge < -0.3 is 4.98 Å². The highest BCUT2D eigenvalue weighted by molar-refractivity contribution is 5.79. The number of hydrogen-bond acceptors (Lipinski definition) is 4. The first-order valence-electron chi connectivity index (χ1n) is 7.66. The molecule has 118 valence electrons. The van der Waals surface area contributed by atoms with E-state index in [4.69, 9.17) is 0 Å². The second kappa shape index (κ2) is 6.38. The third kappa shape index (κ3) is 3.14. The molecule has 0 fully saturated rings. The number of hydrogen-bond donors (Lipinski definition) is 1. The van der Waals surface area contributed by atoms with Gasteiger partial charge in [-0.25, -0.2) is 15.0 Å². The largest absolute Gasteiger partial charge is 0.306 e. The van der Waals surface area contributed by atoms with E-state index in [9.17, 15) is 4.79 Å². The van der Waals surface area contributed by atoms with Crippen molar-refractivity contribution in [3.05, 3.63) is 88.7 Å². The van der Waals surface area contributed by atoms with Crippen LogP contribution in [0.1, 0.15) is 11.1 Å². The van der Waals surface area contributed by atoms with Gasteiger partial charge in [-0.1, -0.05) is 36.1 Å². The molecule has 0 radical (unpaired) electrons. The molecular formula is C20H12N4O. The van der Waals surface area contributed by atoms with E-state index in [2.05, 4.69) is 31.8 Å². The smallest absolute Gasteiger partial charge is 0.259 e. The van der Waals surface area contributed by atoms with Crippen LogP contribution in [0.15, 0.2) is 72.0 Å². The molecule has 0 saturated heterocycles. The monoisotopic (exact) mass is 324 g/mol. The maximum absolute atomic E-state index is 12.2. The predicted octanol–water partition coefficient (Wildman–Crippen LogP) is 2.78. The summed E-state index contributed by atoms with van der Waals surface area (Å²) in [4.78, 5) is 27.4.